The third-order valence-electron chi connectivity index (χ3n) is 4.62. The van der Waals surface area contributed by atoms with Gasteiger partial charge in [0.05, 0.1) is 30.6 Å². The van der Waals surface area contributed by atoms with Crippen LogP contribution in [0.15, 0.2) is 46.2 Å². The number of rotatable bonds is 7. The molecular formula is C21H24N2O6S2. The van der Waals surface area contributed by atoms with Crippen molar-refractivity contribution >= 4 is 44.8 Å². The Morgan fingerprint density at radius 3 is 2.48 bits per heavy atom. The number of hydrogen-bond donors (Lipinski definition) is 2. The van der Waals surface area contributed by atoms with Crippen LogP contribution in [0.2, 0.25) is 0 Å². The second-order valence-corrected chi connectivity index (χ2v) is 10.6. The maximum Gasteiger partial charge on any atom is 0.225 e. The first-order valence-corrected chi connectivity index (χ1v) is 12.1. The Bertz CT molecular complexity index is 1080. The molecule has 10 heteroatoms. The summed E-state index contributed by atoms with van der Waals surface area (Å²) < 4.78 is 35.9. The van der Waals surface area contributed by atoms with Gasteiger partial charge in [0.1, 0.15) is 11.5 Å². The summed E-state index contributed by atoms with van der Waals surface area (Å²) in [4.78, 5) is 25.2. The van der Waals surface area contributed by atoms with E-state index in [-0.39, 0.29) is 28.2 Å². The van der Waals surface area contributed by atoms with Gasteiger partial charge in [0.2, 0.25) is 11.8 Å². The van der Waals surface area contributed by atoms with Gasteiger partial charge in [0.15, 0.2) is 9.84 Å². The summed E-state index contributed by atoms with van der Waals surface area (Å²) in [5.41, 5.74) is 0.922. The molecule has 0 bridgehead atoms. The van der Waals surface area contributed by atoms with Crippen LogP contribution in [0.25, 0.3) is 0 Å². The minimum Gasteiger partial charge on any atom is -0.497 e. The standard InChI is InChI=1S/C21H24N2O6S2/c1-13-8-21(25)23-18-12-17(4-5-19(18)30-13)31(26,27)7-6-20(24)22-14-9-15(28-2)11-16(10-14)29-3/h4-5,9-13H,6-8H2,1-3H3,(H,22,24)(H,23,25)/t13-/m0/s1. The first-order valence-electron chi connectivity index (χ1n) is 9.56. The first kappa shape index (κ1) is 23.0. The van der Waals surface area contributed by atoms with E-state index < -0.39 is 15.7 Å². The number of carbonyl (C=O) groups excluding carboxylic acids is 2. The number of fused-ring (bicyclic) bond motifs is 1. The second-order valence-electron chi connectivity index (χ2n) is 7.06. The zero-order valence-electron chi connectivity index (χ0n) is 17.4. The van der Waals surface area contributed by atoms with E-state index in [0.717, 1.165) is 4.90 Å². The fourth-order valence-electron chi connectivity index (χ4n) is 3.07. The average molecular weight is 465 g/mol. The number of sulfone groups is 1. The van der Waals surface area contributed by atoms with Crippen molar-refractivity contribution in [3.63, 3.8) is 0 Å². The average Bonchev–Trinajstić information content (AvgIpc) is 2.87. The lowest BCUT2D eigenvalue weighted by Crippen LogP contribution is -2.18. The van der Waals surface area contributed by atoms with E-state index in [2.05, 4.69) is 10.6 Å². The third kappa shape index (κ3) is 5.92. The van der Waals surface area contributed by atoms with Crippen molar-refractivity contribution in [1.29, 1.82) is 0 Å². The number of anilines is 2. The van der Waals surface area contributed by atoms with Gasteiger partial charge in [-0.2, -0.15) is 0 Å². The van der Waals surface area contributed by atoms with Gasteiger partial charge in [-0.25, -0.2) is 8.42 Å². The van der Waals surface area contributed by atoms with E-state index in [4.69, 9.17) is 9.47 Å². The third-order valence-corrected chi connectivity index (χ3v) is 7.51. The summed E-state index contributed by atoms with van der Waals surface area (Å²) in [6.07, 6.45) is 0.133. The highest BCUT2D eigenvalue weighted by molar-refractivity contribution is 8.00. The zero-order valence-corrected chi connectivity index (χ0v) is 19.1. The van der Waals surface area contributed by atoms with Crippen LogP contribution in [0.5, 0.6) is 11.5 Å². The highest BCUT2D eigenvalue weighted by Gasteiger charge is 2.23. The topological polar surface area (TPSA) is 111 Å². The molecule has 1 heterocycles. The number of thioether (sulfide) groups is 1. The molecule has 166 valence electrons. The minimum atomic E-state index is -3.72. The summed E-state index contributed by atoms with van der Waals surface area (Å²) in [6.45, 7) is 1.94. The van der Waals surface area contributed by atoms with E-state index in [9.17, 15) is 18.0 Å². The molecule has 2 N–H and O–H groups in total. The maximum atomic E-state index is 12.8. The molecule has 0 aliphatic carbocycles. The lowest BCUT2D eigenvalue weighted by molar-refractivity contribution is -0.116. The maximum absolute atomic E-state index is 12.8. The van der Waals surface area contributed by atoms with Crippen LogP contribution >= 0.6 is 11.8 Å². The summed E-state index contributed by atoms with van der Waals surface area (Å²) in [7, 11) is -0.730. The van der Waals surface area contributed by atoms with Crippen LogP contribution in [-0.2, 0) is 19.4 Å². The molecule has 1 aliphatic heterocycles. The molecule has 3 rings (SSSR count). The molecule has 31 heavy (non-hydrogen) atoms. The molecule has 0 aromatic heterocycles. The summed E-state index contributed by atoms with van der Waals surface area (Å²) >= 11 is 1.52. The zero-order chi connectivity index (χ0) is 22.6. The summed E-state index contributed by atoms with van der Waals surface area (Å²) in [6, 6.07) is 9.55. The smallest absolute Gasteiger partial charge is 0.225 e. The molecule has 0 spiro atoms. The van der Waals surface area contributed by atoms with Crippen molar-refractivity contribution < 1.29 is 27.5 Å². The van der Waals surface area contributed by atoms with Crippen molar-refractivity contribution in [2.75, 3.05) is 30.6 Å². The summed E-state index contributed by atoms with van der Waals surface area (Å²) in [5, 5.41) is 5.52. The van der Waals surface area contributed by atoms with Gasteiger partial charge >= 0.3 is 0 Å². The molecule has 2 aromatic carbocycles. The number of methoxy groups -OCH3 is 2. The first-order chi connectivity index (χ1) is 14.7. The normalized spacial score (nSPS) is 16.0. The molecule has 1 atom stereocenters. The Kier molecular flexibility index (Phi) is 7.11. The molecule has 0 fully saturated rings. The van der Waals surface area contributed by atoms with E-state index in [0.29, 0.717) is 29.3 Å². The predicted octanol–water partition coefficient (Wildman–Crippen LogP) is 3.33. The highest BCUT2D eigenvalue weighted by Crippen LogP contribution is 2.36. The van der Waals surface area contributed by atoms with E-state index in [1.807, 2.05) is 6.92 Å². The lowest BCUT2D eigenvalue weighted by atomic mass is 10.2. The molecule has 0 saturated carbocycles. The number of carbonyl (C=O) groups is 2. The van der Waals surface area contributed by atoms with E-state index in [1.54, 1.807) is 24.3 Å². The molecule has 2 aromatic rings. The predicted molar refractivity (Wildman–Crippen MR) is 120 cm³/mol. The van der Waals surface area contributed by atoms with Gasteiger partial charge in [-0.15, -0.1) is 11.8 Å². The quantitative estimate of drug-likeness (QED) is 0.647. The van der Waals surface area contributed by atoms with Gasteiger partial charge in [0.25, 0.3) is 0 Å². The number of nitrogens with one attached hydrogen (secondary N) is 2. The highest BCUT2D eigenvalue weighted by atomic mass is 32.2. The number of hydrogen-bond acceptors (Lipinski definition) is 7. The number of benzene rings is 2. The van der Waals surface area contributed by atoms with Crippen LogP contribution in [0, 0.1) is 0 Å². The minimum absolute atomic E-state index is 0.0672. The Hall–Kier alpha value is -2.72. The van der Waals surface area contributed by atoms with Crippen molar-refractivity contribution in [3.8, 4) is 11.5 Å². The molecule has 0 unspecified atom stereocenters. The molecular weight excluding hydrogens is 440 g/mol. The van der Waals surface area contributed by atoms with E-state index in [1.165, 1.54) is 38.1 Å². The van der Waals surface area contributed by atoms with E-state index >= 15 is 0 Å². The summed E-state index contributed by atoms with van der Waals surface area (Å²) in [5.74, 6) is 0.0339. The Labute approximate surface area is 185 Å². The molecule has 2 amide bonds. The fourth-order valence-corrected chi connectivity index (χ4v) is 5.39. The fraction of sp³-hybridized carbons (Fsp3) is 0.333. The lowest BCUT2D eigenvalue weighted by Gasteiger charge is -2.11. The van der Waals surface area contributed by atoms with Crippen LogP contribution in [-0.4, -0.2) is 45.5 Å². The Morgan fingerprint density at radius 2 is 1.84 bits per heavy atom. The van der Waals surface area contributed by atoms with Gasteiger partial charge in [-0.05, 0) is 18.2 Å². The number of amides is 2. The van der Waals surface area contributed by atoms with Crippen molar-refractivity contribution in [1.82, 2.24) is 0 Å². The van der Waals surface area contributed by atoms with Gasteiger partial charge in [-0.1, -0.05) is 6.92 Å². The van der Waals surface area contributed by atoms with Crippen LogP contribution in [0.4, 0.5) is 11.4 Å². The van der Waals surface area contributed by atoms with Crippen molar-refractivity contribution in [2.45, 2.75) is 34.8 Å². The van der Waals surface area contributed by atoms with Crippen molar-refractivity contribution in [2.24, 2.45) is 0 Å². The Balaban J connectivity index is 1.69. The molecule has 1 aliphatic rings. The van der Waals surface area contributed by atoms with Crippen molar-refractivity contribution in [3.05, 3.63) is 36.4 Å². The molecule has 0 saturated heterocycles. The van der Waals surface area contributed by atoms with Gasteiger partial charge in [-0.3, -0.25) is 9.59 Å². The number of ether oxygens (including phenoxy) is 2. The van der Waals surface area contributed by atoms with Crippen LogP contribution in [0.1, 0.15) is 19.8 Å². The SMILES string of the molecule is COc1cc(NC(=O)CCS(=O)(=O)c2ccc3c(c2)NC(=O)C[C@H](C)S3)cc(OC)c1. The van der Waals surface area contributed by atoms with Crippen LogP contribution in [0.3, 0.4) is 0 Å². The van der Waals surface area contributed by atoms with Gasteiger partial charge < -0.3 is 20.1 Å². The monoisotopic (exact) mass is 464 g/mol. The largest absolute Gasteiger partial charge is 0.497 e. The second kappa shape index (κ2) is 9.61. The molecule has 8 nitrogen and oxygen atoms in total. The van der Waals surface area contributed by atoms with Crippen LogP contribution < -0.4 is 20.1 Å². The Morgan fingerprint density at radius 1 is 1.16 bits per heavy atom. The molecule has 0 radical (unpaired) electrons. The van der Waals surface area contributed by atoms with Gasteiger partial charge in [0, 0.05) is 46.9 Å².